The average Bonchev–Trinajstić information content (AvgIpc) is 2.36. The van der Waals surface area contributed by atoms with E-state index in [9.17, 15) is 18.0 Å². The molecule has 0 bridgehead atoms. The number of anilines is 1. The predicted octanol–water partition coefficient (Wildman–Crippen LogP) is 2.20. The second-order valence-corrected chi connectivity index (χ2v) is 6.40. The molecule has 0 radical (unpaired) electrons. The van der Waals surface area contributed by atoms with Crippen molar-refractivity contribution in [3.8, 4) is 0 Å². The number of carbonyl (C=O) groups is 1. The van der Waals surface area contributed by atoms with E-state index in [1.807, 2.05) is 0 Å². The van der Waals surface area contributed by atoms with Gasteiger partial charge < -0.3 is 10.2 Å². The maximum Gasteiger partial charge on any atom is 0.416 e. The summed E-state index contributed by atoms with van der Waals surface area (Å²) >= 11 is 0. The number of benzene rings is 1. The molecule has 1 aromatic carbocycles. The smallest absolute Gasteiger partial charge is 0.327 e. The number of halogens is 3. The third-order valence-corrected chi connectivity index (χ3v) is 3.99. The minimum absolute atomic E-state index is 0.156. The molecule has 1 aromatic rings. The molecule has 1 saturated heterocycles. The van der Waals surface area contributed by atoms with Crippen LogP contribution in [-0.2, 0) is 11.0 Å². The Kier molecular flexibility index (Phi) is 5.11. The van der Waals surface area contributed by atoms with Gasteiger partial charge in [-0.05, 0) is 30.7 Å². The van der Waals surface area contributed by atoms with Crippen LogP contribution in [0.3, 0.4) is 0 Å². The average molecular weight is 315 g/mol. The van der Waals surface area contributed by atoms with E-state index >= 15 is 0 Å². The predicted molar refractivity (Wildman–Crippen MR) is 78.6 cm³/mol. The summed E-state index contributed by atoms with van der Waals surface area (Å²) in [5.41, 5.74) is -0.315. The molecule has 1 aliphatic rings. The molecule has 1 fully saturated rings. The zero-order valence-corrected chi connectivity index (χ0v) is 12.8. The highest BCUT2D eigenvalue weighted by Crippen LogP contribution is 2.29. The lowest BCUT2D eigenvalue weighted by Gasteiger charge is -2.31. The standard InChI is InChI=1S/C16H21F3N2O/c1-11-7-12(2)9-21(8-11)10-15(22)20-14-5-3-13(4-6-14)16(17,18)19/h3-6,11-12H,7-10H2,1-2H3,(H,20,22)/p+1/t11-,12-/m0/s1. The van der Waals surface area contributed by atoms with Gasteiger partial charge in [0.2, 0.25) is 0 Å². The van der Waals surface area contributed by atoms with Gasteiger partial charge in [0.15, 0.2) is 6.54 Å². The van der Waals surface area contributed by atoms with Gasteiger partial charge in [0.05, 0.1) is 18.7 Å². The van der Waals surface area contributed by atoms with Crippen LogP contribution in [0, 0.1) is 11.8 Å². The van der Waals surface area contributed by atoms with E-state index in [2.05, 4.69) is 19.2 Å². The largest absolute Gasteiger partial charge is 0.416 e. The number of hydrogen-bond donors (Lipinski definition) is 2. The number of piperidine rings is 1. The van der Waals surface area contributed by atoms with Gasteiger partial charge in [-0.2, -0.15) is 13.2 Å². The van der Waals surface area contributed by atoms with Gasteiger partial charge in [-0.15, -0.1) is 0 Å². The number of amides is 1. The van der Waals surface area contributed by atoms with Crippen molar-refractivity contribution in [3.63, 3.8) is 0 Å². The summed E-state index contributed by atoms with van der Waals surface area (Å²) < 4.78 is 37.4. The van der Waals surface area contributed by atoms with Crippen LogP contribution in [-0.4, -0.2) is 25.5 Å². The number of quaternary nitrogens is 1. The first kappa shape index (κ1) is 16.8. The molecule has 22 heavy (non-hydrogen) atoms. The Morgan fingerprint density at radius 1 is 1.18 bits per heavy atom. The summed E-state index contributed by atoms with van der Waals surface area (Å²) in [5.74, 6) is 1.03. The fourth-order valence-corrected chi connectivity index (χ4v) is 3.24. The zero-order valence-electron chi connectivity index (χ0n) is 12.8. The minimum Gasteiger partial charge on any atom is -0.327 e. The molecule has 1 heterocycles. The molecule has 3 nitrogen and oxygen atoms in total. The summed E-state index contributed by atoms with van der Waals surface area (Å²) in [4.78, 5) is 13.3. The van der Waals surface area contributed by atoms with Crippen LogP contribution in [0.2, 0.25) is 0 Å². The first-order valence-electron chi connectivity index (χ1n) is 7.54. The van der Waals surface area contributed by atoms with Crippen LogP contribution in [0.4, 0.5) is 18.9 Å². The maximum atomic E-state index is 12.5. The Morgan fingerprint density at radius 3 is 2.23 bits per heavy atom. The van der Waals surface area contributed by atoms with Crippen molar-refractivity contribution in [1.82, 2.24) is 0 Å². The highest BCUT2D eigenvalue weighted by Gasteiger charge is 2.30. The molecular weight excluding hydrogens is 293 g/mol. The number of hydrogen-bond acceptors (Lipinski definition) is 1. The number of likely N-dealkylation sites (tertiary alicyclic amines) is 1. The van der Waals surface area contributed by atoms with Gasteiger partial charge in [0, 0.05) is 17.5 Å². The van der Waals surface area contributed by atoms with Gasteiger partial charge in [-0.25, -0.2) is 0 Å². The number of alkyl halides is 3. The lowest BCUT2D eigenvalue weighted by Crippen LogP contribution is -3.15. The second-order valence-electron chi connectivity index (χ2n) is 6.40. The van der Waals surface area contributed by atoms with Crippen LogP contribution in [0.1, 0.15) is 25.8 Å². The fraction of sp³-hybridized carbons (Fsp3) is 0.562. The van der Waals surface area contributed by atoms with Crippen LogP contribution in [0.5, 0.6) is 0 Å². The molecule has 2 N–H and O–H groups in total. The third-order valence-electron chi connectivity index (χ3n) is 3.99. The van der Waals surface area contributed by atoms with Crippen LogP contribution in [0.15, 0.2) is 24.3 Å². The van der Waals surface area contributed by atoms with Crippen molar-refractivity contribution in [2.45, 2.75) is 26.4 Å². The van der Waals surface area contributed by atoms with E-state index in [-0.39, 0.29) is 5.91 Å². The lowest BCUT2D eigenvalue weighted by atomic mass is 9.92. The normalized spacial score (nSPS) is 25.8. The fourth-order valence-electron chi connectivity index (χ4n) is 3.24. The van der Waals surface area contributed by atoms with Gasteiger partial charge in [-0.3, -0.25) is 4.79 Å². The molecule has 0 saturated carbocycles. The quantitative estimate of drug-likeness (QED) is 0.881. The van der Waals surface area contributed by atoms with Crippen molar-refractivity contribution >= 4 is 11.6 Å². The van der Waals surface area contributed by atoms with Crippen molar-refractivity contribution in [2.24, 2.45) is 11.8 Å². The summed E-state index contributed by atoms with van der Waals surface area (Å²) in [7, 11) is 0. The third kappa shape index (κ3) is 4.73. The van der Waals surface area contributed by atoms with Gasteiger partial charge in [0.1, 0.15) is 0 Å². The van der Waals surface area contributed by atoms with Crippen LogP contribution >= 0.6 is 0 Å². The maximum absolute atomic E-state index is 12.5. The van der Waals surface area contributed by atoms with E-state index in [0.29, 0.717) is 24.1 Å². The van der Waals surface area contributed by atoms with Gasteiger partial charge in [-0.1, -0.05) is 13.8 Å². The van der Waals surface area contributed by atoms with Gasteiger partial charge >= 0.3 is 6.18 Å². The van der Waals surface area contributed by atoms with Gasteiger partial charge in [0.25, 0.3) is 5.91 Å². The Bertz CT molecular complexity index is 503. The zero-order chi connectivity index (χ0) is 16.3. The molecule has 1 amide bonds. The van der Waals surface area contributed by atoms with E-state index in [1.165, 1.54) is 23.5 Å². The Balaban J connectivity index is 1.89. The summed E-state index contributed by atoms with van der Waals surface area (Å²) in [5, 5.41) is 2.67. The topological polar surface area (TPSA) is 33.5 Å². The second kappa shape index (κ2) is 6.69. The van der Waals surface area contributed by atoms with Crippen LogP contribution < -0.4 is 10.2 Å². The molecule has 0 unspecified atom stereocenters. The molecule has 122 valence electrons. The first-order valence-corrected chi connectivity index (χ1v) is 7.54. The molecular formula is C16H22F3N2O+. The molecule has 0 spiro atoms. The SMILES string of the molecule is C[C@H]1C[C@H](C)C[NH+](CC(=O)Nc2ccc(C(F)(F)F)cc2)C1. The molecule has 1 aliphatic heterocycles. The Hall–Kier alpha value is -1.56. The monoisotopic (exact) mass is 315 g/mol. The van der Waals surface area contributed by atoms with Crippen LogP contribution in [0.25, 0.3) is 0 Å². The molecule has 0 aromatic heterocycles. The summed E-state index contributed by atoms with van der Waals surface area (Å²) in [6.07, 6.45) is -3.17. The Morgan fingerprint density at radius 2 is 1.73 bits per heavy atom. The summed E-state index contributed by atoms with van der Waals surface area (Å²) in [6, 6.07) is 4.54. The lowest BCUT2D eigenvalue weighted by molar-refractivity contribution is -0.904. The molecule has 2 rings (SSSR count). The first-order chi connectivity index (χ1) is 10.2. The number of nitrogens with one attached hydrogen (secondary N) is 2. The van der Waals surface area contributed by atoms with Crippen molar-refractivity contribution in [1.29, 1.82) is 0 Å². The minimum atomic E-state index is -4.35. The van der Waals surface area contributed by atoms with E-state index < -0.39 is 11.7 Å². The van der Waals surface area contributed by atoms with Crippen molar-refractivity contribution < 1.29 is 22.9 Å². The van der Waals surface area contributed by atoms with Crippen molar-refractivity contribution in [2.75, 3.05) is 25.0 Å². The Labute approximate surface area is 128 Å². The highest BCUT2D eigenvalue weighted by atomic mass is 19.4. The van der Waals surface area contributed by atoms with Crippen molar-refractivity contribution in [3.05, 3.63) is 29.8 Å². The number of rotatable bonds is 3. The molecule has 2 atom stereocenters. The van der Waals surface area contributed by atoms with E-state index in [0.717, 1.165) is 25.2 Å². The summed E-state index contributed by atoms with van der Waals surface area (Å²) in [6.45, 7) is 6.65. The highest BCUT2D eigenvalue weighted by molar-refractivity contribution is 5.91. The molecule has 0 aliphatic carbocycles. The van der Waals surface area contributed by atoms with E-state index in [1.54, 1.807) is 0 Å². The number of carbonyl (C=O) groups excluding carboxylic acids is 1. The van der Waals surface area contributed by atoms with E-state index in [4.69, 9.17) is 0 Å². The molecule has 6 heteroatoms.